The van der Waals surface area contributed by atoms with Crippen molar-refractivity contribution in [2.75, 3.05) is 26.2 Å². The SMILES string of the molecule is C[Si](C)(C)Oc1ccc([C@@H](C2CC2)N2CCNCC2)cc1.Cl.Cl. The van der Waals surface area contributed by atoms with Gasteiger partial charge in [0.05, 0.1) is 0 Å². The van der Waals surface area contributed by atoms with Crippen molar-refractivity contribution in [2.45, 2.75) is 38.5 Å². The molecule has 0 bridgehead atoms. The highest BCUT2D eigenvalue weighted by atomic mass is 35.5. The van der Waals surface area contributed by atoms with Gasteiger partial charge in [-0.1, -0.05) is 12.1 Å². The number of rotatable bonds is 5. The van der Waals surface area contributed by atoms with Crippen LogP contribution in [0.5, 0.6) is 5.75 Å². The summed E-state index contributed by atoms with van der Waals surface area (Å²) in [6.07, 6.45) is 2.78. The normalized spacial score (nSPS) is 20.1. The van der Waals surface area contributed by atoms with Gasteiger partial charge < -0.3 is 9.74 Å². The molecule has 1 N–H and O–H groups in total. The summed E-state index contributed by atoms with van der Waals surface area (Å²) in [5.74, 6) is 1.90. The predicted octanol–water partition coefficient (Wildman–Crippen LogP) is 4.10. The molecule has 132 valence electrons. The van der Waals surface area contributed by atoms with Crippen LogP contribution in [0.1, 0.15) is 24.4 Å². The van der Waals surface area contributed by atoms with E-state index in [-0.39, 0.29) is 24.8 Å². The van der Waals surface area contributed by atoms with E-state index >= 15 is 0 Å². The molecule has 0 spiro atoms. The Hall–Kier alpha value is -0.263. The van der Waals surface area contributed by atoms with E-state index in [9.17, 15) is 0 Å². The number of nitrogens with zero attached hydrogens (tertiary/aromatic N) is 1. The minimum atomic E-state index is -1.50. The molecule has 2 aliphatic rings. The summed E-state index contributed by atoms with van der Waals surface area (Å²) in [6.45, 7) is 11.3. The van der Waals surface area contributed by atoms with Crippen molar-refractivity contribution in [1.82, 2.24) is 10.2 Å². The molecule has 2 fully saturated rings. The molecule has 1 saturated carbocycles. The van der Waals surface area contributed by atoms with Gasteiger partial charge in [-0.05, 0) is 56.1 Å². The molecule has 6 heteroatoms. The molecule has 3 nitrogen and oxygen atoms in total. The molecule has 1 atom stereocenters. The van der Waals surface area contributed by atoms with Crippen molar-refractivity contribution in [3.8, 4) is 5.75 Å². The van der Waals surface area contributed by atoms with Gasteiger partial charge in [-0.25, -0.2) is 0 Å². The zero-order valence-electron chi connectivity index (χ0n) is 14.4. The third-order valence-electron chi connectivity index (χ3n) is 4.26. The van der Waals surface area contributed by atoms with Gasteiger partial charge in [0.25, 0.3) is 0 Å². The summed E-state index contributed by atoms with van der Waals surface area (Å²) >= 11 is 0. The molecule has 0 unspecified atom stereocenters. The molecule has 1 aromatic rings. The average Bonchev–Trinajstić information content (AvgIpc) is 3.25. The molecule has 1 saturated heterocycles. The van der Waals surface area contributed by atoms with Crippen molar-refractivity contribution < 1.29 is 4.43 Å². The van der Waals surface area contributed by atoms with Crippen LogP contribution < -0.4 is 9.74 Å². The third kappa shape index (κ3) is 5.95. The van der Waals surface area contributed by atoms with Crippen molar-refractivity contribution >= 4 is 33.1 Å². The first kappa shape index (κ1) is 20.8. The Kier molecular flexibility index (Phi) is 7.88. The maximum atomic E-state index is 6.07. The van der Waals surface area contributed by atoms with E-state index < -0.39 is 8.32 Å². The molecule has 1 heterocycles. The number of piperazine rings is 1. The lowest BCUT2D eigenvalue weighted by molar-refractivity contribution is 0.156. The Morgan fingerprint density at radius 2 is 1.61 bits per heavy atom. The standard InChI is InChI=1S/C17H28N2OSi.2ClH/c1-21(2,3)20-16-8-6-15(7-9-16)17(14-4-5-14)19-12-10-18-11-13-19;;/h6-9,14,17-18H,4-5,10-13H2,1-3H3;2*1H/t17-;;/m1../s1. The zero-order valence-corrected chi connectivity index (χ0v) is 17.0. The summed E-state index contributed by atoms with van der Waals surface area (Å²) in [5, 5.41) is 3.46. The van der Waals surface area contributed by atoms with Gasteiger partial charge in [-0.2, -0.15) is 0 Å². The molecule has 0 amide bonds. The Balaban J connectivity index is 0.00000132. The maximum absolute atomic E-state index is 6.07. The molecular weight excluding hydrogens is 347 g/mol. The fraction of sp³-hybridized carbons (Fsp3) is 0.647. The molecule has 23 heavy (non-hydrogen) atoms. The largest absolute Gasteiger partial charge is 0.544 e. The van der Waals surface area contributed by atoms with Gasteiger partial charge in [-0.3, -0.25) is 4.90 Å². The van der Waals surface area contributed by atoms with Gasteiger partial charge in [-0.15, -0.1) is 24.8 Å². The molecule has 3 rings (SSSR count). The van der Waals surface area contributed by atoms with Gasteiger partial charge >= 0.3 is 0 Å². The van der Waals surface area contributed by atoms with Gasteiger partial charge in [0.1, 0.15) is 5.75 Å². The van der Waals surface area contributed by atoms with E-state index in [0.717, 1.165) is 24.8 Å². The number of hydrogen-bond donors (Lipinski definition) is 1. The fourth-order valence-electron chi connectivity index (χ4n) is 3.24. The first-order valence-electron chi connectivity index (χ1n) is 8.27. The minimum absolute atomic E-state index is 0. The summed E-state index contributed by atoms with van der Waals surface area (Å²) in [4.78, 5) is 2.67. The zero-order chi connectivity index (χ0) is 14.9. The molecule has 1 aliphatic heterocycles. The fourth-order valence-corrected chi connectivity index (χ4v) is 4.08. The Bertz CT molecular complexity index is 468. The first-order valence-corrected chi connectivity index (χ1v) is 11.7. The third-order valence-corrected chi connectivity index (χ3v) is 5.11. The summed E-state index contributed by atoms with van der Waals surface area (Å²) in [6, 6.07) is 9.55. The van der Waals surface area contributed by atoms with E-state index in [2.05, 4.69) is 54.1 Å². The van der Waals surface area contributed by atoms with Crippen LogP contribution in [0.25, 0.3) is 0 Å². The van der Waals surface area contributed by atoms with E-state index in [1.165, 1.54) is 31.5 Å². The number of nitrogens with one attached hydrogen (secondary N) is 1. The van der Waals surface area contributed by atoms with Gasteiger partial charge in [0, 0.05) is 32.2 Å². The Morgan fingerprint density at radius 1 is 1.04 bits per heavy atom. The second kappa shape index (κ2) is 8.72. The Morgan fingerprint density at radius 3 is 2.09 bits per heavy atom. The first-order chi connectivity index (χ1) is 10.0. The highest BCUT2D eigenvalue weighted by Gasteiger charge is 2.36. The summed E-state index contributed by atoms with van der Waals surface area (Å²) < 4.78 is 6.07. The second-order valence-electron chi connectivity index (χ2n) is 7.35. The van der Waals surface area contributed by atoms with Crippen molar-refractivity contribution in [1.29, 1.82) is 0 Å². The van der Waals surface area contributed by atoms with Crippen molar-refractivity contribution in [3.63, 3.8) is 0 Å². The van der Waals surface area contributed by atoms with Crippen LogP contribution in [0.15, 0.2) is 24.3 Å². The molecule has 1 aromatic carbocycles. The predicted molar refractivity (Wildman–Crippen MR) is 105 cm³/mol. The highest BCUT2D eigenvalue weighted by molar-refractivity contribution is 6.70. The number of halogens is 2. The van der Waals surface area contributed by atoms with Crippen LogP contribution >= 0.6 is 24.8 Å². The lowest BCUT2D eigenvalue weighted by Crippen LogP contribution is -2.45. The number of benzene rings is 1. The number of hydrogen-bond acceptors (Lipinski definition) is 3. The van der Waals surface area contributed by atoms with Crippen LogP contribution in [0, 0.1) is 5.92 Å². The van der Waals surface area contributed by atoms with E-state index in [0.29, 0.717) is 6.04 Å². The van der Waals surface area contributed by atoms with Crippen LogP contribution in [0.4, 0.5) is 0 Å². The van der Waals surface area contributed by atoms with E-state index in [1.54, 1.807) is 0 Å². The molecule has 1 aliphatic carbocycles. The van der Waals surface area contributed by atoms with Crippen LogP contribution in [-0.2, 0) is 0 Å². The monoisotopic (exact) mass is 376 g/mol. The Labute approximate surface area is 154 Å². The smallest absolute Gasteiger partial charge is 0.242 e. The average molecular weight is 377 g/mol. The lowest BCUT2D eigenvalue weighted by Gasteiger charge is -2.35. The topological polar surface area (TPSA) is 24.5 Å². The quantitative estimate of drug-likeness (QED) is 0.782. The highest BCUT2D eigenvalue weighted by Crippen LogP contribution is 2.44. The lowest BCUT2D eigenvalue weighted by atomic mass is 10.00. The van der Waals surface area contributed by atoms with Crippen LogP contribution in [0.3, 0.4) is 0 Å². The molecule has 0 radical (unpaired) electrons. The maximum Gasteiger partial charge on any atom is 0.242 e. The second-order valence-corrected chi connectivity index (χ2v) is 11.8. The van der Waals surface area contributed by atoms with E-state index in [1.807, 2.05) is 0 Å². The van der Waals surface area contributed by atoms with Crippen molar-refractivity contribution in [2.24, 2.45) is 5.92 Å². The van der Waals surface area contributed by atoms with Crippen LogP contribution in [0.2, 0.25) is 19.6 Å². The molecular formula is C17H30Cl2N2OSi. The van der Waals surface area contributed by atoms with Gasteiger partial charge in [0.2, 0.25) is 8.32 Å². The van der Waals surface area contributed by atoms with E-state index in [4.69, 9.17) is 4.43 Å². The summed E-state index contributed by atoms with van der Waals surface area (Å²) in [5.41, 5.74) is 1.47. The minimum Gasteiger partial charge on any atom is -0.544 e. The van der Waals surface area contributed by atoms with Crippen molar-refractivity contribution in [3.05, 3.63) is 29.8 Å². The molecule has 0 aromatic heterocycles. The van der Waals surface area contributed by atoms with Crippen LogP contribution in [-0.4, -0.2) is 39.4 Å². The summed E-state index contributed by atoms with van der Waals surface area (Å²) in [7, 11) is -1.50. The van der Waals surface area contributed by atoms with Gasteiger partial charge in [0.15, 0.2) is 0 Å².